The molecule has 1 aliphatic rings. The third-order valence-electron chi connectivity index (χ3n) is 2.67. The Morgan fingerprint density at radius 2 is 2.00 bits per heavy atom. The van der Waals surface area contributed by atoms with E-state index in [1.807, 2.05) is 0 Å². The number of carbonyl (C=O) groups is 1. The van der Waals surface area contributed by atoms with Crippen molar-refractivity contribution < 1.29 is 18.0 Å². The quantitative estimate of drug-likeness (QED) is 0.648. The molecule has 0 radical (unpaired) electrons. The van der Waals surface area contributed by atoms with E-state index in [1.165, 1.54) is 6.07 Å². The summed E-state index contributed by atoms with van der Waals surface area (Å²) < 4.78 is 37.1. The zero-order valence-corrected chi connectivity index (χ0v) is 8.06. The van der Waals surface area contributed by atoms with Gasteiger partial charge in [-0.2, -0.15) is 13.2 Å². The summed E-state index contributed by atoms with van der Waals surface area (Å²) in [6, 6.07) is 3.33. The number of rotatable bonds is 0. The predicted octanol–water partition coefficient (Wildman–Crippen LogP) is 3.08. The molecule has 80 valence electrons. The zero-order valence-electron chi connectivity index (χ0n) is 8.06. The van der Waals surface area contributed by atoms with Crippen LogP contribution in [0.3, 0.4) is 0 Å². The van der Waals surface area contributed by atoms with E-state index in [1.54, 1.807) is 6.92 Å². The van der Waals surface area contributed by atoms with Crippen LogP contribution in [-0.2, 0) is 12.6 Å². The first kappa shape index (κ1) is 10.2. The summed E-state index contributed by atoms with van der Waals surface area (Å²) in [5.41, 5.74) is 0.279. The first-order valence-corrected chi connectivity index (χ1v) is 4.64. The van der Waals surface area contributed by atoms with Gasteiger partial charge in [0.25, 0.3) is 0 Å². The van der Waals surface area contributed by atoms with Crippen molar-refractivity contribution in [2.24, 2.45) is 5.92 Å². The fourth-order valence-corrected chi connectivity index (χ4v) is 1.87. The van der Waals surface area contributed by atoms with Crippen molar-refractivity contribution in [3.05, 3.63) is 34.9 Å². The van der Waals surface area contributed by atoms with E-state index in [4.69, 9.17) is 0 Å². The maximum atomic E-state index is 12.4. The van der Waals surface area contributed by atoms with Crippen molar-refractivity contribution in [3.8, 4) is 0 Å². The Bertz CT molecular complexity index is 420. The number of hydrogen-bond donors (Lipinski definition) is 0. The number of carbonyl (C=O) groups excluding carboxylic acids is 1. The SMILES string of the molecule is CC1Cc2cc(C(F)(F)F)ccc2C1=O. The van der Waals surface area contributed by atoms with Crippen LogP contribution in [0.4, 0.5) is 13.2 Å². The number of halogens is 3. The molecule has 0 saturated carbocycles. The third-order valence-corrected chi connectivity index (χ3v) is 2.67. The summed E-state index contributed by atoms with van der Waals surface area (Å²) in [4.78, 5) is 11.5. The molecule has 0 N–H and O–H groups in total. The molecular formula is C11H9F3O. The molecule has 1 unspecified atom stereocenters. The van der Waals surface area contributed by atoms with Crippen molar-refractivity contribution in [1.29, 1.82) is 0 Å². The number of Topliss-reactive ketones (excluding diaryl/α,β-unsaturated/α-hetero) is 1. The fourth-order valence-electron chi connectivity index (χ4n) is 1.87. The molecule has 1 aliphatic carbocycles. The molecule has 1 nitrogen and oxygen atoms in total. The summed E-state index contributed by atoms with van der Waals surface area (Å²) in [5, 5.41) is 0. The molecule has 4 heteroatoms. The monoisotopic (exact) mass is 214 g/mol. The van der Waals surface area contributed by atoms with Gasteiger partial charge in [0.2, 0.25) is 0 Å². The first-order chi connectivity index (χ1) is 6.89. The molecule has 0 amide bonds. The number of alkyl halides is 3. The summed E-state index contributed by atoms with van der Waals surface area (Å²) >= 11 is 0. The highest BCUT2D eigenvalue weighted by molar-refractivity contribution is 6.02. The van der Waals surface area contributed by atoms with Gasteiger partial charge in [-0.1, -0.05) is 13.0 Å². The van der Waals surface area contributed by atoms with Crippen LogP contribution >= 0.6 is 0 Å². The molecule has 0 aliphatic heterocycles. The van der Waals surface area contributed by atoms with Crippen molar-refractivity contribution in [1.82, 2.24) is 0 Å². The van der Waals surface area contributed by atoms with E-state index in [9.17, 15) is 18.0 Å². The molecular weight excluding hydrogens is 205 g/mol. The molecule has 0 aromatic heterocycles. The van der Waals surface area contributed by atoms with Gasteiger partial charge in [0, 0.05) is 11.5 Å². The maximum Gasteiger partial charge on any atom is 0.416 e. The summed E-state index contributed by atoms with van der Waals surface area (Å²) in [6.45, 7) is 1.73. The van der Waals surface area contributed by atoms with Crippen LogP contribution in [0.15, 0.2) is 18.2 Å². The molecule has 1 aromatic rings. The smallest absolute Gasteiger partial charge is 0.294 e. The van der Waals surface area contributed by atoms with Gasteiger partial charge < -0.3 is 0 Å². The van der Waals surface area contributed by atoms with Crippen LogP contribution in [0, 0.1) is 5.92 Å². The van der Waals surface area contributed by atoms with E-state index in [0.717, 1.165) is 12.1 Å². The van der Waals surface area contributed by atoms with Crippen molar-refractivity contribution in [2.45, 2.75) is 19.5 Å². The second kappa shape index (κ2) is 3.08. The lowest BCUT2D eigenvalue weighted by molar-refractivity contribution is -0.137. The van der Waals surface area contributed by atoms with E-state index in [0.29, 0.717) is 17.5 Å². The lowest BCUT2D eigenvalue weighted by Gasteiger charge is -2.07. The number of fused-ring (bicyclic) bond motifs is 1. The van der Waals surface area contributed by atoms with E-state index >= 15 is 0 Å². The topological polar surface area (TPSA) is 17.1 Å². The average Bonchev–Trinajstić information content (AvgIpc) is 2.41. The molecule has 0 saturated heterocycles. The van der Waals surface area contributed by atoms with Crippen LogP contribution in [0.25, 0.3) is 0 Å². The zero-order chi connectivity index (χ0) is 11.2. The van der Waals surface area contributed by atoms with E-state index in [2.05, 4.69) is 0 Å². The van der Waals surface area contributed by atoms with Crippen LogP contribution in [0.5, 0.6) is 0 Å². The number of ketones is 1. The number of benzene rings is 1. The molecule has 0 bridgehead atoms. The fraction of sp³-hybridized carbons (Fsp3) is 0.364. The highest BCUT2D eigenvalue weighted by atomic mass is 19.4. The maximum absolute atomic E-state index is 12.4. The van der Waals surface area contributed by atoms with Gasteiger partial charge in [0.1, 0.15) is 0 Å². The third kappa shape index (κ3) is 1.64. The van der Waals surface area contributed by atoms with Crippen LogP contribution in [0.2, 0.25) is 0 Å². The van der Waals surface area contributed by atoms with Gasteiger partial charge in [-0.3, -0.25) is 4.79 Å². The molecule has 1 atom stereocenters. The standard InChI is InChI=1S/C11H9F3O/c1-6-4-7-5-8(11(12,13)14)2-3-9(7)10(6)15/h2-3,5-6H,4H2,1H3. The van der Waals surface area contributed by atoms with Gasteiger partial charge in [-0.25, -0.2) is 0 Å². The summed E-state index contributed by atoms with van der Waals surface area (Å²) in [6.07, 6.45) is -3.91. The van der Waals surface area contributed by atoms with Crippen LogP contribution < -0.4 is 0 Å². The van der Waals surface area contributed by atoms with E-state index in [-0.39, 0.29) is 11.7 Å². The van der Waals surface area contributed by atoms with Crippen molar-refractivity contribution in [2.75, 3.05) is 0 Å². The number of hydrogen-bond acceptors (Lipinski definition) is 1. The van der Waals surface area contributed by atoms with Crippen molar-refractivity contribution in [3.63, 3.8) is 0 Å². The van der Waals surface area contributed by atoms with Gasteiger partial charge in [0.05, 0.1) is 5.56 Å². The molecule has 0 spiro atoms. The molecule has 15 heavy (non-hydrogen) atoms. The van der Waals surface area contributed by atoms with Gasteiger partial charge in [-0.05, 0) is 24.1 Å². The Balaban J connectivity index is 2.47. The van der Waals surface area contributed by atoms with Gasteiger partial charge >= 0.3 is 6.18 Å². The summed E-state index contributed by atoms with van der Waals surface area (Å²) in [5.74, 6) is -0.248. The minimum Gasteiger partial charge on any atom is -0.294 e. The minimum absolute atomic E-state index is 0.0567. The summed E-state index contributed by atoms with van der Waals surface area (Å²) in [7, 11) is 0. The lowest BCUT2D eigenvalue weighted by atomic mass is 10.1. The molecule has 2 rings (SSSR count). The van der Waals surface area contributed by atoms with Gasteiger partial charge in [0.15, 0.2) is 5.78 Å². The van der Waals surface area contributed by atoms with E-state index < -0.39 is 11.7 Å². The normalized spacial score (nSPS) is 20.5. The Kier molecular flexibility index (Phi) is 2.10. The second-order valence-electron chi connectivity index (χ2n) is 3.84. The van der Waals surface area contributed by atoms with Crippen molar-refractivity contribution >= 4 is 5.78 Å². The first-order valence-electron chi connectivity index (χ1n) is 4.64. The second-order valence-corrected chi connectivity index (χ2v) is 3.84. The highest BCUT2D eigenvalue weighted by Gasteiger charge is 2.34. The Morgan fingerprint density at radius 3 is 2.60 bits per heavy atom. The Labute approximate surface area is 84.9 Å². The predicted molar refractivity (Wildman–Crippen MR) is 48.6 cm³/mol. The Morgan fingerprint density at radius 1 is 1.33 bits per heavy atom. The Hall–Kier alpha value is -1.32. The van der Waals surface area contributed by atoms with Crippen LogP contribution in [0.1, 0.15) is 28.4 Å². The minimum atomic E-state index is -4.33. The largest absolute Gasteiger partial charge is 0.416 e. The highest BCUT2D eigenvalue weighted by Crippen LogP contribution is 2.34. The molecule has 0 heterocycles. The molecule has 1 aromatic carbocycles. The lowest BCUT2D eigenvalue weighted by Crippen LogP contribution is -2.06. The molecule has 0 fully saturated rings. The van der Waals surface area contributed by atoms with Crippen LogP contribution in [-0.4, -0.2) is 5.78 Å². The van der Waals surface area contributed by atoms with Gasteiger partial charge in [-0.15, -0.1) is 0 Å². The average molecular weight is 214 g/mol.